The first-order valence-corrected chi connectivity index (χ1v) is 7.95. The second-order valence-corrected chi connectivity index (χ2v) is 7.30. The number of aliphatic hydroxyl groups excluding tert-OH is 1. The lowest BCUT2D eigenvalue weighted by Crippen LogP contribution is -1.99. The van der Waals surface area contributed by atoms with E-state index in [2.05, 4.69) is 15.9 Å². The number of hydrogen-bond donors (Lipinski definition) is 1. The van der Waals surface area contributed by atoms with E-state index in [1.807, 2.05) is 37.3 Å². The topological polar surface area (TPSA) is 29.5 Å². The van der Waals surface area contributed by atoms with E-state index in [4.69, 9.17) is 4.74 Å². The van der Waals surface area contributed by atoms with Crippen molar-refractivity contribution >= 4 is 27.3 Å². The molecule has 19 heavy (non-hydrogen) atoms. The van der Waals surface area contributed by atoms with E-state index < -0.39 is 6.10 Å². The fourth-order valence-corrected chi connectivity index (χ4v) is 3.48. The van der Waals surface area contributed by atoms with Gasteiger partial charge in [0.2, 0.25) is 0 Å². The van der Waals surface area contributed by atoms with E-state index in [0.717, 1.165) is 38.4 Å². The fraction of sp³-hybridized carbons (Fsp3) is 0.333. The van der Waals surface area contributed by atoms with Crippen molar-refractivity contribution in [3.05, 3.63) is 50.1 Å². The van der Waals surface area contributed by atoms with Gasteiger partial charge in [-0.25, -0.2) is 0 Å². The molecule has 0 amide bonds. The third-order valence-electron chi connectivity index (χ3n) is 3.17. The Morgan fingerprint density at radius 1 is 1.32 bits per heavy atom. The maximum Gasteiger partial charge on any atom is 0.119 e. The molecule has 1 atom stereocenters. The molecule has 1 aliphatic rings. The third-order valence-corrected chi connectivity index (χ3v) is 5.36. The molecule has 1 heterocycles. The first kappa shape index (κ1) is 13.2. The quantitative estimate of drug-likeness (QED) is 0.892. The van der Waals surface area contributed by atoms with Crippen LogP contribution in [0.15, 0.2) is 34.1 Å². The lowest BCUT2D eigenvalue weighted by atomic mass is 10.1. The van der Waals surface area contributed by atoms with Gasteiger partial charge in [0.15, 0.2) is 0 Å². The average molecular weight is 339 g/mol. The third kappa shape index (κ3) is 3.02. The predicted octanol–water partition coefficient (Wildman–Crippen LogP) is 4.44. The van der Waals surface area contributed by atoms with Crippen molar-refractivity contribution in [2.24, 2.45) is 0 Å². The maximum atomic E-state index is 10.4. The Kier molecular flexibility index (Phi) is 3.65. The second-order valence-electron chi connectivity index (χ2n) is 4.89. The van der Waals surface area contributed by atoms with E-state index in [1.165, 1.54) is 0 Å². The minimum Gasteiger partial charge on any atom is -0.490 e. The molecule has 2 aromatic rings. The Hall–Kier alpha value is -0.840. The first-order chi connectivity index (χ1) is 9.13. The van der Waals surface area contributed by atoms with Crippen LogP contribution in [0.2, 0.25) is 0 Å². The minimum atomic E-state index is -0.565. The van der Waals surface area contributed by atoms with Gasteiger partial charge in [0.05, 0.1) is 9.89 Å². The SMILES string of the molecule is Cc1cc(C(O)c2ccc(OC3CC3)cc2)sc1Br. The van der Waals surface area contributed by atoms with Gasteiger partial charge in [-0.2, -0.15) is 0 Å². The summed E-state index contributed by atoms with van der Waals surface area (Å²) >= 11 is 5.07. The van der Waals surface area contributed by atoms with Crippen molar-refractivity contribution in [1.29, 1.82) is 0 Å². The van der Waals surface area contributed by atoms with Gasteiger partial charge < -0.3 is 9.84 Å². The van der Waals surface area contributed by atoms with Gasteiger partial charge in [-0.15, -0.1) is 11.3 Å². The maximum absolute atomic E-state index is 10.4. The Morgan fingerprint density at radius 2 is 2.00 bits per heavy atom. The van der Waals surface area contributed by atoms with Crippen LogP contribution < -0.4 is 4.74 Å². The second kappa shape index (κ2) is 5.27. The van der Waals surface area contributed by atoms with Crippen molar-refractivity contribution in [2.75, 3.05) is 0 Å². The highest BCUT2D eigenvalue weighted by Crippen LogP contribution is 2.35. The number of rotatable bonds is 4. The number of aliphatic hydroxyl groups is 1. The molecule has 0 radical (unpaired) electrons. The van der Waals surface area contributed by atoms with Crippen LogP contribution in [0.25, 0.3) is 0 Å². The summed E-state index contributed by atoms with van der Waals surface area (Å²) in [5, 5.41) is 10.4. The molecule has 4 heteroatoms. The van der Waals surface area contributed by atoms with Gasteiger partial charge in [0.1, 0.15) is 11.9 Å². The molecule has 1 unspecified atom stereocenters. The molecule has 0 spiro atoms. The summed E-state index contributed by atoms with van der Waals surface area (Å²) < 4.78 is 6.78. The lowest BCUT2D eigenvalue weighted by molar-refractivity contribution is 0.224. The van der Waals surface area contributed by atoms with Crippen LogP contribution in [-0.2, 0) is 0 Å². The Bertz CT molecular complexity index is 553. The average Bonchev–Trinajstić information content (AvgIpc) is 3.15. The summed E-state index contributed by atoms with van der Waals surface area (Å²) in [5.74, 6) is 0.891. The molecular formula is C15H15BrO2S. The van der Waals surface area contributed by atoms with E-state index >= 15 is 0 Å². The molecule has 1 aliphatic carbocycles. The zero-order valence-corrected chi connectivity index (χ0v) is 13.0. The van der Waals surface area contributed by atoms with Crippen LogP contribution >= 0.6 is 27.3 Å². The lowest BCUT2D eigenvalue weighted by Gasteiger charge is -2.10. The minimum absolute atomic E-state index is 0.409. The molecule has 1 N–H and O–H groups in total. The van der Waals surface area contributed by atoms with Gasteiger partial charge in [0, 0.05) is 4.88 Å². The molecule has 0 saturated heterocycles. The summed E-state index contributed by atoms with van der Waals surface area (Å²) in [6, 6.07) is 9.77. The highest BCUT2D eigenvalue weighted by Gasteiger charge is 2.23. The van der Waals surface area contributed by atoms with Crippen LogP contribution in [0, 0.1) is 6.92 Å². The predicted molar refractivity (Wildman–Crippen MR) is 80.9 cm³/mol. The first-order valence-electron chi connectivity index (χ1n) is 6.34. The molecule has 1 saturated carbocycles. The molecule has 1 aromatic heterocycles. The van der Waals surface area contributed by atoms with Gasteiger partial charge in [-0.3, -0.25) is 0 Å². The molecule has 0 aliphatic heterocycles. The number of ether oxygens (including phenoxy) is 1. The van der Waals surface area contributed by atoms with Crippen LogP contribution in [0.1, 0.15) is 34.9 Å². The molecule has 1 aromatic carbocycles. The van der Waals surface area contributed by atoms with Crippen molar-refractivity contribution in [1.82, 2.24) is 0 Å². The molecular weight excluding hydrogens is 324 g/mol. The van der Waals surface area contributed by atoms with E-state index in [-0.39, 0.29) is 0 Å². The number of thiophene rings is 1. The number of aryl methyl sites for hydroxylation is 1. The largest absolute Gasteiger partial charge is 0.490 e. The molecule has 3 rings (SSSR count). The van der Waals surface area contributed by atoms with Crippen molar-refractivity contribution in [2.45, 2.75) is 32.0 Å². The van der Waals surface area contributed by atoms with Crippen LogP contribution in [0.5, 0.6) is 5.75 Å². The monoisotopic (exact) mass is 338 g/mol. The van der Waals surface area contributed by atoms with Crippen LogP contribution in [0.4, 0.5) is 0 Å². The summed E-state index contributed by atoms with van der Waals surface area (Å²) in [6.07, 6.45) is 2.16. The molecule has 1 fully saturated rings. The van der Waals surface area contributed by atoms with Crippen molar-refractivity contribution in [3.63, 3.8) is 0 Å². The van der Waals surface area contributed by atoms with Gasteiger partial charge in [-0.1, -0.05) is 12.1 Å². The zero-order valence-electron chi connectivity index (χ0n) is 10.6. The molecule has 0 bridgehead atoms. The summed E-state index contributed by atoms with van der Waals surface area (Å²) in [7, 11) is 0. The van der Waals surface area contributed by atoms with E-state index in [9.17, 15) is 5.11 Å². The van der Waals surface area contributed by atoms with Gasteiger partial charge >= 0.3 is 0 Å². The molecule has 2 nitrogen and oxygen atoms in total. The standard InChI is InChI=1S/C15H15BrO2S/c1-9-8-13(19-15(9)16)14(17)10-2-4-11(5-3-10)18-12-6-7-12/h2-5,8,12,14,17H,6-7H2,1H3. The molecule has 100 valence electrons. The van der Waals surface area contributed by atoms with Gasteiger partial charge in [-0.05, 0) is 65.0 Å². The fourth-order valence-electron chi connectivity index (χ4n) is 1.89. The Morgan fingerprint density at radius 3 is 2.53 bits per heavy atom. The van der Waals surface area contributed by atoms with Crippen LogP contribution in [0.3, 0.4) is 0 Å². The van der Waals surface area contributed by atoms with Crippen molar-refractivity contribution < 1.29 is 9.84 Å². The Balaban J connectivity index is 1.76. The summed E-state index contributed by atoms with van der Waals surface area (Å²) in [6.45, 7) is 2.03. The van der Waals surface area contributed by atoms with Crippen LogP contribution in [-0.4, -0.2) is 11.2 Å². The smallest absolute Gasteiger partial charge is 0.119 e. The Labute approximate surface area is 125 Å². The number of halogens is 1. The van der Waals surface area contributed by atoms with Crippen molar-refractivity contribution in [3.8, 4) is 5.75 Å². The van der Waals surface area contributed by atoms with E-state index in [0.29, 0.717) is 6.10 Å². The van der Waals surface area contributed by atoms with E-state index in [1.54, 1.807) is 11.3 Å². The highest BCUT2D eigenvalue weighted by molar-refractivity contribution is 9.11. The van der Waals surface area contributed by atoms with Gasteiger partial charge in [0.25, 0.3) is 0 Å². The summed E-state index contributed by atoms with van der Waals surface area (Å²) in [4.78, 5) is 0.959. The number of benzene rings is 1. The summed E-state index contributed by atoms with van der Waals surface area (Å²) in [5.41, 5.74) is 2.06. The highest BCUT2D eigenvalue weighted by atomic mass is 79.9. The normalized spacial score (nSPS) is 16.4. The zero-order chi connectivity index (χ0) is 13.4. The number of hydrogen-bond acceptors (Lipinski definition) is 3.